The summed E-state index contributed by atoms with van der Waals surface area (Å²) in [7, 11) is -3.46. The third-order valence-electron chi connectivity index (χ3n) is 5.98. The van der Waals surface area contributed by atoms with Crippen LogP contribution in [-0.2, 0) is 16.4 Å². The van der Waals surface area contributed by atoms with Crippen molar-refractivity contribution in [3.63, 3.8) is 0 Å². The van der Waals surface area contributed by atoms with Gasteiger partial charge in [0.25, 0.3) is 5.91 Å². The molecule has 28 heavy (non-hydrogen) atoms. The van der Waals surface area contributed by atoms with E-state index in [0.717, 1.165) is 41.6 Å². The van der Waals surface area contributed by atoms with E-state index in [0.29, 0.717) is 36.5 Å². The van der Waals surface area contributed by atoms with Crippen molar-refractivity contribution in [3.8, 4) is 0 Å². The third kappa shape index (κ3) is 3.25. The fraction of sp³-hybridized carbons (Fsp3) is 0.409. The van der Waals surface area contributed by atoms with Crippen LogP contribution in [0.25, 0.3) is 0 Å². The average molecular weight is 399 g/mol. The van der Waals surface area contributed by atoms with E-state index in [9.17, 15) is 13.2 Å². The van der Waals surface area contributed by atoms with Crippen LogP contribution >= 0.6 is 0 Å². The first kappa shape index (κ1) is 19.2. The maximum absolute atomic E-state index is 13.1. The number of carbonyl (C=O) groups is 1. The number of rotatable bonds is 3. The molecule has 1 amide bonds. The molecule has 2 aliphatic heterocycles. The molecule has 0 aliphatic carbocycles. The molecule has 5 nitrogen and oxygen atoms in total. The lowest BCUT2D eigenvalue weighted by Crippen LogP contribution is -2.35. The highest BCUT2D eigenvalue weighted by atomic mass is 32.2. The molecule has 0 unspecified atom stereocenters. The average Bonchev–Trinajstić information content (AvgIpc) is 3.13. The van der Waals surface area contributed by atoms with E-state index >= 15 is 0 Å². The Labute approximate surface area is 167 Å². The standard InChI is InChI=1S/C22H26N2O3S/c1-16-7-6-8-20(17(16)2)22(25)24-14-11-18-15-19(9-10-21(18)24)28(26,27)23-12-4-3-5-13-23/h6-10,15H,3-5,11-14H2,1-2H3. The highest BCUT2D eigenvalue weighted by Crippen LogP contribution is 2.33. The Balaban J connectivity index is 1.63. The summed E-state index contributed by atoms with van der Waals surface area (Å²) < 4.78 is 27.5. The van der Waals surface area contributed by atoms with Gasteiger partial charge in [-0.25, -0.2) is 8.42 Å². The van der Waals surface area contributed by atoms with Crippen LogP contribution in [-0.4, -0.2) is 38.3 Å². The van der Waals surface area contributed by atoms with E-state index in [-0.39, 0.29) is 5.91 Å². The predicted molar refractivity (Wildman–Crippen MR) is 110 cm³/mol. The summed E-state index contributed by atoms with van der Waals surface area (Å²) in [5.41, 5.74) is 4.54. The number of hydrogen-bond donors (Lipinski definition) is 0. The largest absolute Gasteiger partial charge is 0.308 e. The molecule has 6 heteroatoms. The Kier molecular flexibility index (Phi) is 5.02. The Morgan fingerprint density at radius 2 is 1.71 bits per heavy atom. The lowest BCUT2D eigenvalue weighted by molar-refractivity contribution is 0.0988. The number of anilines is 1. The van der Waals surface area contributed by atoms with Crippen LogP contribution in [0.4, 0.5) is 5.69 Å². The molecule has 148 valence electrons. The maximum Gasteiger partial charge on any atom is 0.258 e. The minimum atomic E-state index is -3.46. The van der Waals surface area contributed by atoms with Gasteiger partial charge in [-0.15, -0.1) is 0 Å². The number of fused-ring (bicyclic) bond motifs is 1. The van der Waals surface area contributed by atoms with Crippen molar-refractivity contribution in [2.24, 2.45) is 0 Å². The zero-order valence-electron chi connectivity index (χ0n) is 16.4. The van der Waals surface area contributed by atoms with Gasteiger partial charge in [-0.3, -0.25) is 4.79 Å². The highest BCUT2D eigenvalue weighted by Gasteiger charge is 2.30. The predicted octanol–water partition coefficient (Wildman–Crippen LogP) is 3.68. The molecule has 0 spiro atoms. The van der Waals surface area contributed by atoms with Gasteiger partial charge in [0.15, 0.2) is 0 Å². The van der Waals surface area contributed by atoms with Crippen LogP contribution in [0, 0.1) is 13.8 Å². The summed E-state index contributed by atoms with van der Waals surface area (Å²) in [5.74, 6) is -0.0217. The summed E-state index contributed by atoms with van der Waals surface area (Å²) in [4.78, 5) is 15.2. The van der Waals surface area contributed by atoms with Gasteiger partial charge in [-0.2, -0.15) is 4.31 Å². The molecular formula is C22H26N2O3S. The SMILES string of the molecule is Cc1cccc(C(=O)N2CCc3cc(S(=O)(=O)N4CCCCC4)ccc32)c1C. The van der Waals surface area contributed by atoms with Crippen LogP contribution < -0.4 is 4.90 Å². The van der Waals surface area contributed by atoms with Gasteiger partial charge in [-0.1, -0.05) is 18.6 Å². The van der Waals surface area contributed by atoms with Gasteiger partial charge in [0.05, 0.1) is 4.90 Å². The second kappa shape index (κ2) is 7.33. The van der Waals surface area contributed by atoms with Crippen LogP contribution in [0.15, 0.2) is 41.3 Å². The molecule has 0 radical (unpaired) electrons. The van der Waals surface area contributed by atoms with Crippen molar-refractivity contribution in [2.75, 3.05) is 24.5 Å². The lowest BCUT2D eigenvalue weighted by Gasteiger charge is -2.26. The smallest absolute Gasteiger partial charge is 0.258 e. The molecule has 2 aromatic rings. The molecule has 0 bridgehead atoms. The van der Waals surface area contributed by atoms with Crippen molar-refractivity contribution in [2.45, 2.75) is 44.4 Å². The fourth-order valence-electron chi connectivity index (χ4n) is 4.13. The Morgan fingerprint density at radius 3 is 2.46 bits per heavy atom. The van der Waals surface area contributed by atoms with Crippen molar-refractivity contribution in [3.05, 3.63) is 58.7 Å². The minimum Gasteiger partial charge on any atom is -0.308 e. The first-order valence-corrected chi connectivity index (χ1v) is 11.3. The fourth-order valence-corrected chi connectivity index (χ4v) is 5.70. The molecule has 0 N–H and O–H groups in total. The lowest BCUT2D eigenvalue weighted by atomic mass is 10.0. The number of amides is 1. The molecule has 0 saturated carbocycles. The van der Waals surface area contributed by atoms with E-state index in [1.165, 1.54) is 0 Å². The Bertz CT molecular complexity index is 1020. The monoisotopic (exact) mass is 398 g/mol. The molecule has 1 saturated heterocycles. The third-order valence-corrected chi connectivity index (χ3v) is 7.87. The topological polar surface area (TPSA) is 57.7 Å². The zero-order valence-corrected chi connectivity index (χ0v) is 17.3. The van der Waals surface area contributed by atoms with Crippen LogP contribution in [0.5, 0.6) is 0 Å². The summed E-state index contributed by atoms with van der Waals surface area (Å²) in [6.45, 7) is 5.73. The van der Waals surface area contributed by atoms with Crippen molar-refractivity contribution in [1.82, 2.24) is 4.31 Å². The number of piperidine rings is 1. The molecule has 2 aliphatic rings. The molecular weight excluding hydrogens is 372 g/mol. The van der Waals surface area contributed by atoms with E-state index in [1.807, 2.05) is 32.0 Å². The summed E-state index contributed by atoms with van der Waals surface area (Å²) in [6, 6.07) is 11.0. The van der Waals surface area contributed by atoms with Crippen LogP contribution in [0.3, 0.4) is 0 Å². The second-order valence-electron chi connectivity index (χ2n) is 7.71. The number of nitrogens with zero attached hydrogens (tertiary/aromatic N) is 2. The zero-order chi connectivity index (χ0) is 19.9. The van der Waals surface area contributed by atoms with Crippen molar-refractivity contribution in [1.29, 1.82) is 0 Å². The molecule has 4 rings (SSSR count). The number of benzene rings is 2. The molecule has 1 fully saturated rings. The van der Waals surface area contributed by atoms with Gasteiger partial charge in [0.1, 0.15) is 0 Å². The number of hydrogen-bond acceptors (Lipinski definition) is 3. The van der Waals surface area contributed by atoms with E-state index in [1.54, 1.807) is 27.4 Å². The molecule has 0 atom stereocenters. The molecule has 2 heterocycles. The first-order valence-electron chi connectivity index (χ1n) is 9.91. The van der Waals surface area contributed by atoms with Gasteiger partial charge in [0.2, 0.25) is 10.0 Å². The number of sulfonamides is 1. The number of aryl methyl sites for hydroxylation is 1. The van der Waals surface area contributed by atoms with E-state index in [4.69, 9.17) is 0 Å². The summed E-state index contributed by atoms with van der Waals surface area (Å²) in [6.07, 6.45) is 3.60. The highest BCUT2D eigenvalue weighted by molar-refractivity contribution is 7.89. The first-order chi connectivity index (χ1) is 13.4. The van der Waals surface area contributed by atoms with Gasteiger partial charge < -0.3 is 4.90 Å². The summed E-state index contributed by atoms with van der Waals surface area (Å²) >= 11 is 0. The van der Waals surface area contributed by atoms with Gasteiger partial charge in [-0.05, 0) is 74.1 Å². The van der Waals surface area contributed by atoms with Gasteiger partial charge >= 0.3 is 0 Å². The number of carbonyl (C=O) groups excluding carboxylic acids is 1. The second-order valence-corrected chi connectivity index (χ2v) is 9.65. The maximum atomic E-state index is 13.1. The van der Waals surface area contributed by atoms with Crippen LogP contribution in [0.2, 0.25) is 0 Å². The van der Waals surface area contributed by atoms with Crippen molar-refractivity contribution >= 4 is 21.6 Å². The Morgan fingerprint density at radius 1 is 0.964 bits per heavy atom. The van der Waals surface area contributed by atoms with Crippen molar-refractivity contribution < 1.29 is 13.2 Å². The minimum absolute atomic E-state index is 0.0217. The molecule has 2 aromatic carbocycles. The van der Waals surface area contributed by atoms with Crippen LogP contribution in [0.1, 0.15) is 46.3 Å². The Hall–Kier alpha value is -2.18. The summed E-state index contributed by atoms with van der Waals surface area (Å²) in [5, 5.41) is 0. The molecule has 0 aromatic heterocycles. The van der Waals surface area contributed by atoms with Gasteiger partial charge in [0, 0.05) is 30.9 Å². The quantitative estimate of drug-likeness (QED) is 0.792. The normalized spacial score (nSPS) is 17.6. The van der Waals surface area contributed by atoms with E-state index < -0.39 is 10.0 Å². The van der Waals surface area contributed by atoms with E-state index in [2.05, 4.69) is 0 Å².